The Morgan fingerprint density at radius 2 is 2.19 bits per heavy atom. The van der Waals surface area contributed by atoms with Gasteiger partial charge < -0.3 is 25.0 Å². The van der Waals surface area contributed by atoms with Gasteiger partial charge >= 0.3 is 0 Å². The summed E-state index contributed by atoms with van der Waals surface area (Å²) in [5.74, 6) is 0.968. The number of nitrogens with zero attached hydrogens (tertiary/aromatic N) is 2. The average molecular weight is 300 g/mol. The van der Waals surface area contributed by atoms with Crippen LogP contribution in [0, 0.1) is 0 Å². The van der Waals surface area contributed by atoms with E-state index in [4.69, 9.17) is 9.47 Å². The highest BCUT2D eigenvalue weighted by Crippen LogP contribution is 2.10. The van der Waals surface area contributed by atoms with E-state index in [0.717, 1.165) is 25.5 Å². The first-order valence-electron chi connectivity index (χ1n) is 7.52. The molecule has 0 saturated carbocycles. The summed E-state index contributed by atoms with van der Waals surface area (Å²) < 4.78 is 10.3. The Labute approximate surface area is 127 Å². The van der Waals surface area contributed by atoms with Gasteiger partial charge in [-0.2, -0.15) is 0 Å². The van der Waals surface area contributed by atoms with Gasteiger partial charge in [0, 0.05) is 46.3 Å². The van der Waals surface area contributed by atoms with Crippen molar-refractivity contribution < 1.29 is 14.3 Å². The second-order valence-electron chi connectivity index (χ2n) is 4.93. The van der Waals surface area contributed by atoms with Gasteiger partial charge in [0.25, 0.3) is 0 Å². The van der Waals surface area contributed by atoms with E-state index in [1.807, 2.05) is 11.8 Å². The van der Waals surface area contributed by atoms with Gasteiger partial charge in [-0.1, -0.05) is 6.92 Å². The molecular formula is C14H28N4O3. The minimum absolute atomic E-state index is 0.216. The van der Waals surface area contributed by atoms with Crippen LogP contribution in [0.4, 0.5) is 0 Å². The molecular weight excluding hydrogens is 272 g/mol. The molecule has 0 spiro atoms. The Morgan fingerprint density at radius 3 is 2.86 bits per heavy atom. The molecule has 1 amide bonds. The zero-order valence-electron chi connectivity index (χ0n) is 13.4. The monoisotopic (exact) mass is 300 g/mol. The van der Waals surface area contributed by atoms with Crippen LogP contribution in [0.5, 0.6) is 0 Å². The van der Waals surface area contributed by atoms with E-state index in [9.17, 15) is 4.79 Å². The second kappa shape index (κ2) is 10.4. The molecule has 0 aromatic heterocycles. The molecule has 1 fully saturated rings. The Bertz CT molecular complexity index is 336. The summed E-state index contributed by atoms with van der Waals surface area (Å²) in [5, 5.41) is 6.54. The molecule has 21 heavy (non-hydrogen) atoms. The minimum Gasteiger partial charge on any atom is -0.382 e. The lowest BCUT2D eigenvalue weighted by atomic mass is 10.3. The van der Waals surface area contributed by atoms with Crippen LogP contribution in [0.3, 0.4) is 0 Å². The highest BCUT2D eigenvalue weighted by atomic mass is 16.5. The Balaban J connectivity index is 2.18. The summed E-state index contributed by atoms with van der Waals surface area (Å²) in [4.78, 5) is 17.7. The number of likely N-dealkylation sites (tertiary alicyclic amines) is 1. The maximum absolute atomic E-state index is 11.6. The molecule has 1 atom stereocenters. The third-order valence-electron chi connectivity index (χ3n) is 3.38. The molecule has 122 valence electrons. The van der Waals surface area contributed by atoms with Crippen LogP contribution in [-0.4, -0.2) is 76.4 Å². The maximum atomic E-state index is 11.6. The summed E-state index contributed by atoms with van der Waals surface area (Å²) in [6.45, 7) is 5.96. The first kappa shape index (κ1) is 17.7. The van der Waals surface area contributed by atoms with Crippen molar-refractivity contribution in [1.82, 2.24) is 15.5 Å². The van der Waals surface area contributed by atoms with Gasteiger partial charge in [0.15, 0.2) is 5.96 Å². The number of hydrogen-bond acceptors (Lipinski definition) is 4. The maximum Gasteiger partial charge on any atom is 0.222 e. The number of methoxy groups -OCH3 is 1. The van der Waals surface area contributed by atoms with Gasteiger partial charge in [0.2, 0.25) is 5.91 Å². The number of amides is 1. The van der Waals surface area contributed by atoms with E-state index in [1.54, 1.807) is 14.2 Å². The van der Waals surface area contributed by atoms with Crippen LogP contribution >= 0.6 is 0 Å². The molecule has 0 aliphatic carbocycles. The lowest BCUT2D eigenvalue weighted by molar-refractivity contribution is -0.129. The van der Waals surface area contributed by atoms with Crippen molar-refractivity contribution in [3.05, 3.63) is 0 Å². The molecule has 0 radical (unpaired) electrons. The van der Waals surface area contributed by atoms with Gasteiger partial charge in [0.05, 0.1) is 19.8 Å². The Hall–Kier alpha value is -1.34. The Kier molecular flexibility index (Phi) is 8.77. The quantitative estimate of drug-likeness (QED) is 0.370. The number of nitrogens with one attached hydrogen (secondary N) is 2. The van der Waals surface area contributed by atoms with E-state index in [0.29, 0.717) is 32.8 Å². The lowest BCUT2D eigenvalue weighted by Gasteiger charge is -2.18. The summed E-state index contributed by atoms with van der Waals surface area (Å²) in [6, 6.07) is 0.265. The summed E-state index contributed by atoms with van der Waals surface area (Å²) in [6.07, 6.45) is 1.52. The van der Waals surface area contributed by atoms with Crippen LogP contribution in [0.25, 0.3) is 0 Å². The Morgan fingerprint density at radius 1 is 1.38 bits per heavy atom. The number of ether oxygens (including phenoxy) is 2. The van der Waals surface area contributed by atoms with Crippen molar-refractivity contribution in [2.45, 2.75) is 25.8 Å². The van der Waals surface area contributed by atoms with E-state index in [1.165, 1.54) is 0 Å². The van der Waals surface area contributed by atoms with Crippen molar-refractivity contribution in [1.29, 1.82) is 0 Å². The van der Waals surface area contributed by atoms with Crippen LogP contribution in [0.2, 0.25) is 0 Å². The van der Waals surface area contributed by atoms with Crippen molar-refractivity contribution >= 4 is 11.9 Å². The van der Waals surface area contributed by atoms with Gasteiger partial charge in [-0.15, -0.1) is 0 Å². The third-order valence-corrected chi connectivity index (χ3v) is 3.38. The average Bonchev–Trinajstić information content (AvgIpc) is 2.97. The van der Waals surface area contributed by atoms with E-state index in [-0.39, 0.29) is 11.9 Å². The second-order valence-corrected chi connectivity index (χ2v) is 4.93. The molecule has 0 bridgehead atoms. The molecule has 0 aromatic rings. The van der Waals surface area contributed by atoms with Crippen LogP contribution in [0.15, 0.2) is 4.99 Å². The summed E-state index contributed by atoms with van der Waals surface area (Å²) in [7, 11) is 3.40. The predicted molar refractivity (Wildman–Crippen MR) is 82.5 cm³/mol. The van der Waals surface area contributed by atoms with Crippen LogP contribution in [0.1, 0.15) is 19.8 Å². The van der Waals surface area contributed by atoms with Crippen LogP contribution in [-0.2, 0) is 14.3 Å². The first-order valence-corrected chi connectivity index (χ1v) is 7.52. The van der Waals surface area contributed by atoms with Crippen molar-refractivity contribution in [2.75, 3.05) is 53.6 Å². The first-order chi connectivity index (χ1) is 10.2. The van der Waals surface area contributed by atoms with Crippen molar-refractivity contribution in [2.24, 2.45) is 4.99 Å². The highest BCUT2D eigenvalue weighted by Gasteiger charge is 2.25. The molecule has 1 rings (SSSR count). The third kappa shape index (κ3) is 6.77. The fraction of sp³-hybridized carbons (Fsp3) is 0.857. The van der Waals surface area contributed by atoms with Gasteiger partial charge in [0.1, 0.15) is 0 Å². The fourth-order valence-electron chi connectivity index (χ4n) is 2.20. The largest absolute Gasteiger partial charge is 0.382 e. The van der Waals surface area contributed by atoms with Crippen molar-refractivity contribution in [3.8, 4) is 0 Å². The SMILES string of the molecule is CCC(=O)N1CCC(NC(=NC)NCCOCCOC)C1. The van der Waals surface area contributed by atoms with Gasteiger partial charge in [-0.05, 0) is 6.42 Å². The van der Waals surface area contributed by atoms with E-state index >= 15 is 0 Å². The minimum atomic E-state index is 0.216. The topological polar surface area (TPSA) is 75.2 Å². The molecule has 2 N–H and O–H groups in total. The number of guanidine groups is 1. The van der Waals surface area contributed by atoms with E-state index in [2.05, 4.69) is 15.6 Å². The zero-order valence-corrected chi connectivity index (χ0v) is 13.4. The lowest BCUT2D eigenvalue weighted by Crippen LogP contribution is -2.45. The molecule has 1 heterocycles. The highest BCUT2D eigenvalue weighted by molar-refractivity contribution is 5.80. The molecule has 1 saturated heterocycles. The van der Waals surface area contributed by atoms with Gasteiger partial charge in [-0.25, -0.2) is 0 Å². The fourth-order valence-corrected chi connectivity index (χ4v) is 2.20. The smallest absolute Gasteiger partial charge is 0.222 e. The van der Waals surface area contributed by atoms with Crippen LogP contribution < -0.4 is 10.6 Å². The number of rotatable bonds is 8. The molecule has 7 nitrogen and oxygen atoms in total. The van der Waals surface area contributed by atoms with E-state index < -0.39 is 0 Å². The molecule has 1 aliphatic heterocycles. The summed E-state index contributed by atoms with van der Waals surface area (Å²) in [5.41, 5.74) is 0. The molecule has 7 heteroatoms. The van der Waals surface area contributed by atoms with Crippen molar-refractivity contribution in [3.63, 3.8) is 0 Å². The molecule has 1 unspecified atom stereocenters. The number of aliphatic imine (C=N–C) groups is 1. The molecule has 0 aromatic carbocycles. The number of hydrogen-bond donors (Lipinski definition) is 2. The molecule has 1 aliphatic rings. The zero-order chi connectivity index (χ0) is 15.5. The van der Waals surface area contributed by atoms with Gasteiger partial charge in [-0.3, -0.25) is 9.79 Å². The predicted octanol–water partition coefficient (Wildman–Crippen LogP) is -0.175. The number of carbonyl (C=O) groups excluding carboxylic acids is 1. The standard InChI is InChI=1S/C14H28N4O3/c1-4-13(19)18-7-5-12(11-18)17-14(15-2)16-6-8-21-10-9-20-3/h12H,4-11H2,1-3H3,(H2,15,16,17). The summed E-state index contributed by atoms with van der Waals surface area (Å²) >= 11 is 0. The normalized spacial score (nSPS) is 18.9. The number of carbonyl (C=O) groups is 1.